The van der Waals surface area contributed by atoms with Crippen LogP contribution in [0, 0.1) is 20.3 Å². The molecule has 0 aliphatic heterocycles. The van der Waals surface area contributed by atoms with E-state index in [0.29, 0.717) is 0 Å². The molecule has 2 rings (SSSR count). The number of hydrogen-bond acceptors (Lipinski definition) is 0. The zero-order valence-corrected chi connectivity index (χ0v) is 11.5. The minimum absolute atomic E-state index is 1.09. The van der Waals surface area contributed by atoms with Gasteiger partial charge in [0.2, 0.25) is 0 Å². The van der Waals surface area contributed by atoms with Crippen LogP contribution in [0.5, 0.6) is 0 Å². The first-order valence-corrected chi connectivity index (χ1v) is 6.29. The summed E-state index contributed by atoms with van der Waals surface area (Å²) < 4.78 is 0. The van der Waals surface area contributed by atoms with Crippen molar-refractivity contribution in [2.24, 2.45) is 0 Å². The van der Waals surface area contributed by atoms with Crippen LogP contribution >= 0.6 is 0 Å². The molecule has 0 heteroatoms. The van der Waals surface area contributed by atoms with Gasteiger partial charge in [-0.2, -0.15) is 0 Å². The van der Waals surface area contributed by atoms with E-state index in [-0.39, 0.29) is 0 Å². The SMILES string of the molecule is CC1=C(C)C(C)=C(c2ccc(C)cc2C)[CH]C1. The Bertz CT molecular complexity index is 513. The summed E-state index contributed by atoms with van der Waals surface area (Å²) in [7, 11) is 0. The van der Waals surface area contributed by atoms with Crippen LogP contribution < -0.4 is 0 Å². The average molecular weight is 225 g/mol. The molecule has 0 N–H and O–H groups in total. The molecule has 0 spiro atoms. The van der Waals surface area contributed by atoms with Crippen molar-refractivity contribution in [2.75, 3.05) is 0 Å². The van der Waals surface area contributed by atoms with Gasteiger partial charge in [-0.3, -0.25) is 0 Å². The highest BCUT2D eigenvalue weighted by atomic mass is 14.2. The van der Waals surface area contributed by atoms with Crippen molar-refractivity contribution in [1.29, 1.82) is 0 Å². The largest absolute Gasteiger partial charge is 0.0695 e. The molecule has 0 heterocycles. The van der Waals surface area contributed by atoms with Crippen LogP contribution in [-0.4, -0.2) is 0 Å². The van der Waals surface area contributed by atoms with Crippen LogP contribution in [0.1, 0.15) is 43.9 Å². The Morgan fingerprint density at radius 2 is 1.59 bits per heavy atom. The first-order valence-electron chi connectivity index (χ1n) is 6.29. The fourth-order valence-electron chi connectivity index (χ4n) is 2.51. The van der Waals surface area contributed by atoms with Crippen LogP contribution in [0.25, 0.3) is 5.57 Å². The second-order valence-corrected chi connectivity index (χ2v) is 5.17. The maximum absolute atomic E-state index is 2.37. The number of benzene rings is 1. The highest BCUT2D eigenvalue weighted by Crippen LogP contribution is 2.36. The molecule has 0 saturated heterocycles. The van der Waals surface area contributed by atoms with E-state index in [1.54, 1.807) is 0 Å². The highest BCUT2D eigenvalue weighted by molar-refractivity contribution is 5.81. The first kappa shape index (κ1) is 12.2. The lowest BCUT2D eigenvalue weighted by molar-refractivity contribution is 1.06. The smallest absolute Gasteiger partial charge is 0.00436 e. The molecule has 1 radical (unpaired) electrons. The molecule has 1 aliphatic carbocycles. The van der Waals surface area contributed by atoms with Gasteiger partial charge in [-0.1, -0.05) is 29.3 Å². The quantitative estimate of drug-likeness (QED) is 0.629. The fraction of sp³-hybridized carbons (Fsp3) is 0.353. The molecule has 1 aromatic carbocycles. The topological polar surface area (TPSA) is 0 Å². The lowest BCUT2D eigenvalue weighted by Gasteiger charge is -2.22. The molecule has 0 unspecified atom stereocenters. The van der Waals surface area contributed by atoms with Gasteiger partial charge in [-0.05, 0) is 75.3 Å². The third kappa shape index (κ3) is 2.22. The molecule has 1 aromatic rings. The van der Waals surface area contributed by atoms with Gasteiger partial charge >= 0.3 is 0 Å². The summed E-state index contributed by atoms with van der Waals surface area (Å²) in [5.41, 5.74) is 9.91. The highest BCUT2D eigenvalue weighted by Gasteiger charge is 2.16. The van der Waals surface area contributed by atoms with Crippen LogP contribution in [0.2, 0.25) is 0 Å². The van der Waals surface area contributed by atoms with Crippen molar-refractivity contribution in [3.05, 3.63) is 58.0 Å². The average Bonchev–Trinajstić information content (AvgIpc) is 2.28. The van der Waals surface area contributed by atoms with Gasteiger partial charge in [0.1, 0.15) is 0 Å². The Labute approximate surface area is 105 Å². The van der Waals surface area contributed by atoms with Crippen LogP contribution in [0.3, 0.4) is 0 Å². The number of allylic oxidation sites excluding steroid dienone is 4. The molecule has 0 amide bonds. The number of aryl methyl sites for hydroxylation is 2. The van der Waals surface area contributed by atoms with E-state index < -0.39 is 0 Å². The molecule has 0 saturated carbocycles. The molecule has 89 valence electrons. The summed E-state index contributed by atoms with van der Waals surface area (Å²) in [5, 5.41) is 0. The maximum Gasteiger partial charge on any atom is -0.00436 e. The molecule has 0 nitrogen and oxygen atoms in total. The van der Waals surface area contributed by atoms with Crippen molar-refractivity contribution < 1.29 is 0 Å². The first-order chi connectivity index (χ1) is 8.00. The van der Waals surface area contributed by atoms with E-state index in [1.807, 2.05) is 0 Å². The van der Waals surface area contributed by atoms with E-state index >= 15 is 0 Å². The third-order valence-electron chi connectivity index (χ3n) is 3.89. The van der Waals surface area contributed by atoms with Gasteiger partial charge in [0.05, 0.1) is 0 Å². The molecular formula is C17H21. The predicted molar refractivity (Wildman–Crippen MR) is 75.8 cm³/mol. The van der Waals surface area contributed by atoms with Crippen molar-refractivity contribution in [3.63, 3.8) is 0 Å². The van der Waals surface area contributed by atoms with Gasteiger partial charge < -0.3 is 0 Å². The standard InChI is InChI=1S/C17H21/c1-11-6-8-16(13(3)10-11)17-9-7-12(2)14(4)15(17)5/h6,8-10H,7H2,1-5H3. The maximum atomic E-state index is 2.37. The van der Waals surface area contributed by atoms with Gasteiger partial charge in [0, 0.05) is 0 Å². The molecular weight excluding hydrogens is 204 g/mol. The summed E-state index contributed by atoms with van der Waals surface area (Å²) >= 11 is 0. The van der Waals surface area contributed by atoms with Crippen molar-refractivity contribution >= 4 is 5.57 Å². The second kappa shape index (κ2) is 4.52. The Morgan fingerprint density at radius 1 is 0.882 bits per heavy atom. The third-order valence-corrected chi connectivity index (χ3v) is 3.89. The zero-order valence-electron chi connectivity index (χ0n) is 11.5. The van der Waals surface area contributed by atoms with Gasteiger partial charge in [0.15, 0.2) is 0 Å². The second-order valence-electron chi connectivity index (χ2n) is 5.17. The van der Waals surface area contributed by atoms with Gasteiger partial charge in [-0.15, -0.1) is 0 Å². The predicted octanol–water partition coefficient (Wildman–Crippen LogP) is 5.02. The van der Waals surface area contributed by atoms with Gasteiger partial charge in [0.25, 0.3) is 0 Å². The van der Waals surface area contributed by atoms with Gasteiger partial charge in [-0.25, -0.2) is 0 Å². The fourth-order valence-corrected chi connectivity index (χ4v) is 2.51. The van der Waals surface area contributed by atoms with Crippen molar-refractivity contribution in [3.8, 4) is 0 Å². The molecule has 0 atom stereocenters. The van der Waals surface area contributed by atoms with E-state index in [1.165, 1.54) is 39.0 Å². The molecule has 0 fully saturated rings. The summed E-state index contributed by atoms with van der Waals surface area (Å²) in [6, 6.07) is 6.73. The zero-order chi connectivity index (χ0) is 12.6. The van der Waals surface area contributed by atoms with E-state index in [4.69, 9.17) is 0 Å². The van der Waals surface area contributed by atoms with Crippen molar-refractivity contribution in [2.45, 2.75) is 41.0 Å². The monoisotopic (exact) mass is 225 g/mol. The molecule has 0 bridgehead atoms. The van der Waals surface area contributed by atoms with Crippen molar-refractivity contribution in [1.82, 2.24) is 0 Å². The summed E-state index contributed by atoms with van der Waals surface area (Å²) in [6.07, 6.45) is 3.46. The lowest BCUT2D eigenvalue weighted by Crippen LogP contribution is -2.02. The Balaban J connectivity index is 2.54. The number of hydrogen-bond donors (Lipinski definition) is 0. The molecule has 0 aromatic heterocycles. The van der Waals surface area contributed by atoms with E-state index in [2.05, 4.69) is 59.2 Å². The Hall–Kier alpha value is -1.30. The van der Waals surface area contributed by atoms with E-state index in [0.717, 1.165) is 6.42 Å². The summed E-state index contributed by atoms with van der Waals surface area (Å²) in [6.45, 7) is 11.1. The Morgan fingerprint density at radius 3 is 2.24 bits per heavy atom. The molecule has 1 aliphatic rings. The van der Waals surface area contributed by atoms with Crippen LogP contribution in [-0.2, 0) is 0 Å². The lowest BCUT2D eigenvalue weighted by atomic mass is 9.83. The van der Waals surface area contributed by atoms with E-state index in [9.17, 15) is 0 Å². The minimum atomic E-state index is 1.09. The summed E-state index contributed by atoms with van der Waals surface area (Å²) in [4.78, 5) is 0. The minimum Gasteiger partial charge on any atom is -0.0695 e. The normalized spacial score (nSPS) is 16.8. The number of rotatable bonds is 1. The van der Waals surface area contributed by atoms with Crippen LogP contribution in [0.15, 0.2) is 34.9 Å². The van der Waals surface area contributed by atoms with Crippen LogP contribution in [0.4, 0.5) is 0 Å². The summed E-state index contributed by atoms with van der Waals surface area (Å²) in [5.74, 6) is 0. The molecule has 17 heavy (non-hydrogen) atoms. The Kier molecular flexibility index (Phi) is 3.24.